The molecule has 0 aromatic carbocycles. The van der Waals surface area contributed by atoms with E-state index in [-0.39, 0.29) is 35.7 Å². The zero-order chi connectivity index (χ0) is 15.7. The number of amides is 2. The zero-order valence-electron chi connectivity index (χ0n) is 10.8. The molecule has 9 nitrogen and oxygen atoms in total. The number of nitrogens with two attached hydrogens (primary N) is 1. The van der Waals surface area contributed by atoms with Crippen LogP contribution in [0.2, 0.25) is 0 Å². The van der Waals surface area contributed by atoms with Gasteiger partial charge in [-0.3, -0.25) is 19.2 Å². The summed E-state index contributed by atoms with van der Waals surface area (Å²) in [6, 6.07) is -2.15. The number of rotatable bonds is 9. The summed E-state index contributed by atoms with van der Waals surface area (Å²) in [5.41, 5.74) is 5.23. The molecule has 2 atom stereocenters. The van der Waals surface area contributed by atoms with E-state index in [1.54, 1.807) is 0 Å². The maximum absolute atomic E-state index is 11.5. The number of aliphatic carboxylic acids is 2. The second-order valence-electron chi connectivity index (χ2n) is 3.90. The van der Waals surface area contributed by atoms with Crippen molar-refractivity contribution in [2.75, 3.05) is 12.3 Å². The van der Waals surface area contributed by atoms with E-state index in [9.17, 15) is 19.2 Å². The molecule has 0 saturated heterocycles. The molecule has 0 aliphatic heterocycles. The van der Waals surface area contributed by atoms with Crippen LogP contribution in [0.1, 0.15) is 12.8 Å². The summed E-state index contributed by atoms with van der Waals surface area (Å²) in [4.78, 5) is 43.7. The van der Waals surface area contributed by atoms with Crippen LogP contribution in [-0.4, -0.2) is 58.3 Å². The van der Waals surface area contributed by atoms with E-state index in [0.29, 0.717) is 0 Å². The van der Waals surface area contributed by atoms with Gasteiger partial charge in [0.25, 0.3) is 0 Å². The van der Waals surface area contributed by atoms with E-state index in [1.165, 1.54) is 0 Å². The predicted molar refractivity (Wildman–Crippen MR) is 71.3 cm³/mol. The Bertz CT molecular complexity index is 395. The Balaban J connectivity index is 0. The number of carbonyl (C=O) groups is 4. The average molecular weight is 371 g/mol. The van der Waals surface area contributed by atoms with Gasteiger partial charge in [-0.1, -0.05) is 0 Å². The summed E-state index contributed by atoms with van der Waals surface area (Å²) >= 11 is 3.87. The number of carboxylic acid groups (broad SMARTS) is 2. The van der Waals surface area contributed by atoms with Crippen molar-refractivity contribution in [1.82, 2.24) is 10.6 Å². The second-order valence-corrected chi connectivity index (χ2v) is 4.26. The molecule has 125 valence electrons. The molecule has 0 bridgehead atoms. The topological polar surface area (TPSA) is 159 Å². The fourth-order valence-electron chi connectivity index (χ4n) is 1.16. The van der Waals surface area contributed by atoms with E-state index in [2.05, 4.69) is 23.3 Å². The minimum Gasteiger partial charge on any atom is -0.480 e. The third kappa shape index (κ3) is 10.1. The molecule has 2 unspecified atom stereocenters. The van der Waals surface area contributed by atoms with Crippen LogP contribution >= 0.6 is 12.6 Å². The molecule has 0 rings (SSSR count). The van der Waals surface area contributed by atoms with Gasteiger partial charge >= 0.3 is 11.9 Å². The number of thiol groups is 1. The normalized spacial score (nSPS) is 12.5. The molecule has 1 radical (unpaired) electrons. The van der Waals surface area contributed by atoms with Gasteiger partial charge in [-0.05, 0) is 6.42 Å². The Morgan fingerprint density at radius 2 is 1.76 bits per heavy atom. The maximum atomic E-state index is 11.5. The molecule has 6 N–H and O–H groups in total. The van der Waals surface area contributed by atoms with Gasteiger partial charge in [0, 0.05) is 29.2 Å². The number of hydrogen-bond donors (Lipinski definition) is 6. The van der Waals surface area contributed by atoms with Gasteiger partial charge in [-0.25, -0.2) is 0 Å². The van der Waals surface area contributed by atoms with Gasteiger partial charge in [0.15, 0.2) is 0 Å². The molecule has 0 aromatic rings. The molecule has 21 heavy (non-hydrogen) atoms. The summed E-state index contributed by atoms with van der Waals surface area (Å²) in [6.07, 6.45) is -0.235. The molecule has 0 aromatic heterocycles. The zero-order valence-corrected chi connectivity index (χ0v) is 12.7. The SMILES string of the molecule is NC(CCC(=O)NC(CS)C(=O)NCC(=O)O)C(=O)O.[Cu]. The van der Waals surface area contributed by atoms with Crippen LogP contribution in [0, 0.1) is 0 Å². The van der Waals surface area contributed by atoms with Crippen molar-refractivity contribution in [3.63, 3.8) is 0 Å². The molecule has 2 amide bonds. The Morgan fingerprint density at radius 1 is 1.19 bits per heavy atom. The minimum atomic E-state index is -1.22. The maximum Gasteiger partial charge on any atom is 0.322 e. The third-order valence-electron chi connectivity index (χ3n) is 2.25. The number of carboxylic acids is 2. The van der Waals surface area contributed by atoms with Gasteiger partial charge in [0.2, 0.25) is 11.8 Å². The summed E-state index contributed by atoms with van der Waals surface area (Å²) in [5, 5.41) is 21.4. The fourth-order valence-corrected chi connectivity index (χ4v) is 1.41. The molecule has 0 spiro atoms. The Hall–Kier alpha value is -1.29. The molecule has 0 fully saturated rings. The predicted octanol–water partition coefficient (Wildman–Crippen LogP) is -2.21. The number of nitrogens with one attached hydrogen (secondary N) is 2. The number of hydrogen-bond acceptors (Lipinski definition) is 6. The summed E-state index contributed by atoms with van der Waals surface area (Å²) in [6.45, 7) is -0.567. The third-order valence-corrected chi connectivity index (χ3v) is 2.61. The fraction of sp³-hybridized carbons (Fsp3) is 0.600. The van der Waals surface area contributed by atoms with Crippen LogP contribution < -0.4 is 16.4 Å². The van der Waals surface area contributed by atoms with E-state index in [0.717, 1.165) is 0 Å². The van der Waals surface area contributed by atoms with Gasteiger partial charge in [-0.15, -0.1) is 0 Å². The largest absolute Gasteiger partial charge is 0.480 e. The first-order chi connectivity index (χ1) is 9.27. The first-order valence-corrected chi connectivity index (χ1v) is 6.29. The van der Waals surface area contributed by atoms with E-state index in [4.69, 9.17) is 15.9 Å². The van der Waals surface area contributed by atoms with Crippen molar-refractivity contribution in [1.29, 1.82) is 0 Å². The van der Waals surface area contributed by atoms with Crippen molar-refractivity contribution in [3.05, 3.63) is 0 Å². The first kappa shape index (κ1) is 22.0. The quantitative estimate of drug-likeness (QED) is 0.198. The standard InChI is InChI=1S/C10H17N3O6S.Cu/c11-5(10(18)19)1-2-7(14)13-6(4-20)9(17)12-3-8(15)16;/h5-6,20H,1-4,11H2,(H,12,17)(H,13,14)(H,15,16)(H,18,19);. The average Bonchev–Trinajstić information content (AvgIpc) is 2.38. The van der Waals surface area contributed by atoms with Gasteiger partial charge < -0.3 is 26.6 Å². The van der Waals surface area contributed by atoms with Crippen LogP contribution in [0.25, 0.3) is 0 Å². The Labute approximate surface area is 136 Å². The molecule has 0 heterocycles. The van der Waals surface area contributed by atoms with E-state index in [1.807, 2.05) is 0 Å². The second kappa shape index (κ2) is 11.4. The summed E-state index contributed by atoms with van der Waals surface area (Å²) in [5.74, 6) is -3.70. The van der Waals surface area contributed by atoms with Crippen molar-refractivity contribution >= 4 is 36.4 Å². The minimum absolute atomic E-state index is 0. The molecular formula is C10H17CuN3O6S. The van der Waals surface area contributed by atoms with Crippen LogP contribution in [0.15, 0.2) is 0 Å². The summed E-state index contributed by atoms with van der Waals surface area (Å²) < 4.78 is 0. The van der Waals surface area contributed by atoms with E-state index < -0.39 is 42.4 Å². The Morgan fingerprint density at radius 3 is 2.19 bits per heavy atom. The monoisotopic (exact) mass is 370 g/mol. The molecular weight excluding hydrogens is 354 g/mol. The molecule has 11 heteroatoms. The van der Waals surface area contributed by atoms with Crippen molar-refractivity contribution in [2.24, 2.45) is 5.73 Å². The van der Waals surface area contributed by atoms with Gasteiger partial charge in [0.1, 0.15) is 18.6 Å². The van der Waals surface area contributed by atoms with Crippen LogP contribution in [0.3, 0.4) is 0 Å². The Kier molecular flexibility index (Phi) is 11.9. The van der Waals surface area contributed by atoms with Crippen LogP contribution in [0.4, 0.5) is 0 Å². The smallest absolute Gasteiger partial charge is 0.322 e. The van der Waals surface area contributed by atoms with Crippen molar-refractivity contribution < 1.29 is 46.5 Å². The van der Waals surface area contributed by atoms with E-state index >= 15 is 0 Å². The van der Waals surface area contributed by atoms with Gasteiger partial charge in [-0.2, -0.15) is 12.6 Å². The molecule has 0 saturated carbocycles. The van der Waals surface area contributed by atoms with Crippen molar-refractivity contribution in [3.8, 4) is 0 Å². The number of carbonyl (C=O) groups excluding carboxylic acids is 2. The first-order valence-electron chi connectivity index (χ1n) is 5.66. The van der Waals surface area contributed by atoms with Crippen LogP contribution in [-0.2, 0) is 36.2 Å². The van der Waals surface area contributed by atoms with Crippen molar-refractivity contribution in [2.45, 2.75) is 24.9 Å². The van der Waals surface area contributed by atoms with Crippen LogP contribution in [0.5, 0.6) is 0 Å². The summed E-state index contributed by atoms with van der Waals surface area (Å²) in [7, 11) is 0. The van der Waals surface area contributed by atoms with Gasteiger partial charge in [0.05, 0.1) is 0 Å². The molecule has 0 aliphatic rings. The molecule has 0 aliphatic carbocycles.